The first kappa shape index (κ1) is 20.5. The second-order valence-corrected chi connectivity index (χ2v) is 8.04. The average Bonchev–Trinajstić information content (AvgIpc) is 2.63. The fourth-order valence-electron chi connectivity index (χ4n) is 2.75. The Morgan fingerprint density at radius 1 is 1.08 bits per heavy atom. The van der Waals surface area contributed by atoms with Crippen LogP contribution in [0.4, 0.5) is 5.69 Å². The minimum Gasteiger partial charge on any atom is -0.298 e. The molecular weight excluding hydrogens is 353 g/mol. The summed E-state index contributed by atoms with van der Waals surface area (Å²) in [6.07, 6.45) is 1.16. The van der Waals surface area contributed by atoms with E-state index in [1.54, 1.807) is 18.2 Å². The van der Waals surface area contributed by atoms with E-state index in [0.29, 0.717) is 18.5 Å². The summed E-state index contributed by atoms with van der Waals surface area (Å²) in [4.78, 5) is 10.9. The molecular formula is C18H26N3O4P. The molecule has 0 saturated heterocycles. The van der Waals surface area contributed by atoms with Gasteiger partial charge < -0.3 is 0 Å². The maximum Gasteiger partial charge on any atom is 0.341 e. The van der Waals surface area contributed by atoms with E-state index < -0.39 is 18.7 Å². The summed E-state index contributed by atoms with van der Waals surface area (Å²) in [5, 5.41) is 18.5. The lowest BCUT2D eigenvalue weighted by Gasteiger charge is -2.25. The number of nitro groups is 1. The first-order valence-electron chi connectivity index (χ1n) is 8.86. The highest BCUT2D eigenvalue weighted by Crippen LogP contribution is 2.44. The zero-order valence-electron chi connectivity index (χ0n) is 15.4. The third kappa shape index (κ3) is 4.89. The molecule has 7 nitrogen and oxygen atoms in total. The summed E-state index contributed by atoms with van der Waals surface area (Å²) in [5.41, 5.74) is 0.816. The largest absolute Gasteiger partial charge is 0.341 e. The Morgan fingerprint density at radius 2 is 1.65 bits per heavy atom. The van der Waals surface area contributed by atoms with Crippen LogP contribution in [0.15, 0.2) is 36.4 Å². The molecule has 0 aliphatic heterocycles. The molecule has 0 aromatic heterocycles. The number of nitrogens with zero attached hydrogens (tertiary/aromatic N) is 1. The lowest BCUT2D eigenvalue weighted by atomic mass is 10.00. The van der Waals surface area contributed by atoms with Gasteiger partial charge >= 0.3 is 7.67 Å². The van der Waals surface area contributed by atoms with Crippen LogP contribution >= 0.6 is 7.67 Å². The van der Waals surface area contributed by atoms with Gasteiger partial charge in [0.15, 0.2) is 0 Å². The molecule has 0 aliphatic carbocycles. The van der Waals surface area contributed by atoms with E-state index in [0.717, 1.165) is 23.8 Å². The molecule has 0 saturated carbocycles. The predicted octanol–water partition coefficient (Wildman–Crippen LogP) is 4.93. The highest BCUT2D eigenvalue weighted by Gasteiger charge is 2.27. The lowest BCUT2D eigenvalue weighted by molar-refractivity contribution is -0.383. The van der Waals surface area contributed by atoms with Gasteiger partial charge in [0.1, 0.15) is 0 Å². The first-order valence-corrected chi connectivity index (χ1v) is 10.5. The average molecular weight is 379 g/mol. The number of fused-ring (bicyclic) bond motifs is 1. The molecule has 142 valence electrons. The van der Waals surface area contributed by atoms with Gasteiger partial charge in [0.2, 0.25) is 0 Å². The van der Waals surface area contributed by atoms with Crippen molar-refractivity contribution in [2.45, 2.75) is 39.7 Å². The Labute approximate surface area is 153 Å². The molecule has 0 unspecified atom stereocenters. The molecule has 26 heavy (non-hydrogen) atoms. The third-order valence-corrected chi connectivity index (χ3v) is 5.91. The molecule has 2 rings (SSSR count). The van der Waals surface area contributed by atoms with Gasteiger partial charge in [0.25, 0.3) is 5.69 Å². The van der Waals surface area contributed by atoms with Crippen LogP contribution in [0.3, 0.4) is 0 Å². The minimum atomic E-state index is -3.22. The van der Waals surface area contributed by atoms with E-state index >= 15 is 0 Å². The van der Waals surface area contributed by atoms with E-state index in [9.17, 15) is 14.7 Å². The van der Waals surface area contributed by atoms with Gasteiger partial charge in [0, 0.05) is 19.2 Å². The summed E-state index contributed by atoms with van der Waals surface area (Å²) in [5.74, 6) is 0. The van der Waals surface area contributed by atoms with Gasteiger partial charge in [-0.1, -0.05) is 32.0 Å². The van der Waals surface area contributed by atoms with Crippen LogP contribution in [0.2, 0.25) is 0 Å². The van der Waals surface area contributed by atoms with Crippen molar-refractivity contribution in [2.75, 3.05) is 13.1 Å². The Bertz CT molecular complexity index is 800. The molecule has 1 atom stereocenters. The number of nitrogens with one attached hydrogen (secondary N) is 2. The fraction of sp³-hybridized carbons (Fsp3) is 0.444. The van der Waals surface area contributed by atoms with Crippen molar-refractivity contribution < 1.29 is 14.0 Å². The molecule has 0 radical (unpaired) electrons. The van der Waals surface area contributed by atoms with Crippen molar-refractivity contribution >= 4 is 24.1 Å². The standard InChI is InChI=1S/C18H26N3O4P/c1-4-12-19-26(24,20-13-5-2)25-14(3)15-10-11-18(21(22)23)17-9-7-6-8-16(15)17/h6-11,14H,4-5,12-13H2,1-3H3,(H2,19,20,24)/t14-/m0/s1. The van der Waals surface area contributed by atoms with Gasteiger partial charge in [-0.05, 0) is 42.8 Å². The first-order chi connectivity index (χ1) is 12.4. The Hall–Kier alpha value is -1.79. The lowest BCUT2D eigenvalue weighted by Crippen LogP contribution is -2.26. The number of rotatable bonds is 10. The third-order valence-electron chi connectivity index (χ3n) is 4.02. The SMILES string of the molecule is CCCNP(=O)(NCCC)O[C@@H](C)c1ccc([N+](=O)[O-])c2ccccc12. The highest BCUT2D eigenvalue weighted by atomic mass is 31.2. The minimum absolute atomic E-state index is 0.0490. The maximum absolute atomic E-state index is 13.1. The molecule has 2 N–H and O–H groups in total. The summed E-state index contributed by atoms with van der Waals surface area (Å²) in [6, 6.07) is 10.3. The number of benzene rings is 2. The van der Waals surface area contributed by atoms with E-state index in [1.807, 2.05) is 32.9 Å². The Morgan fingerprint density at radius 3 is 2.19 bits per heavy atom. The second-order valence-electron chi connectivity index (χ2n) is 6.09. The Balaban J connectivity index is 2.36. The van der Waals surface area contributed by atoms with Gasteiger partial charge in [-0.25, -0.2) is 10.2 Å². The van der Waals surface area contributed by atoms with E-state index in [4.69, 9.17) is 4.52 Å². The van der Waals surface area contributed by atoms with Crippen LogP contribution < -0.4 is 10.2 Å². The normalized spacial score (nSPS) is 13.0. The summed E-state index contributed by atoms with van der Waals surface area (Å²) in [7, 11) is -3.22. The van der Waals surface area contributed by atoms with E-state index in [1.165, 1.54) is 6.07 Å². The summed E-state index contributed by atoms with van der Waals surface area (Å²) in [6.45, 7) is 6.93. The zero-order valence-corrected chi connectivity index (χ0v) is 16.3. The fourth-order valence-corrected chi connectivity index (χ4v) is 4.60. The van der Waals surface area contributed by atoms with Crippen molar-refractivity contribution in [1.29, 1.82) is 0 Å². The van der Waals surface area contributed by atoms with Gasteiger partial charge in [0.05, 0.1) is 16.4 Å². The van der Waals surface area contributed by atoms with Gasteiger partial charge in [-0.3, -0.25) is 19.2 Å². The Kier molecular flexibility index (Phi) is 7.29. The van der Waals surface area contributed by atoms with Crippen molar-refractivity contribution in [3.05, 3.63) is 52.1 Å². The van der Waals surface area contributed by atoms with E-state index in [2.05, 4.69) is 10.2 Å². The highest BCUT2D eigenvalue weighted by molar-refractivity contribution is 7.54. The van der Waals surface area contributed by atoms with Crippen molar-refractivity contribution in [3.8, 4) is 0 Å². The number of hydrogen-bond acceptors (Lipinski definition) is 4. The monoisotopic (exact) mass is 379 g/mol. The molecule has 0 amide bonds. The number of hydrogen-bond donors (Lipinski definition) is 2. The maximum atomic E-state index is 13.1. The van der Waals surface area contributed by atoms with Crippen LogP contribution in [0.1, 0.15) is 45.3 Å². The van der Waals surface area contributed by atoms with Crippen LogP contribution in [0.5, 0.6) is 0 Å². The van der Waals surface area contributed by atoms with Crippen molar-refractivity contribution in [3.63, 3.8) is 0 Å². The van der Waals surface area contributed by atoms with Crippen molar-refractivity contribution in [1.82, 2.24) is 10.2 Å². The predicted molar refractivity (Wildman–Crippen MR) is 104 cm³/mol. The zero-order chi connectivity index (χ0) is 19.2. The number of nitro benzene ring substituents is 1. The molecule has 0 aliphatic rings. The molecule has 2 aromatic rings. The van der Waals surface area contributed by atoms with Gasteiger partial charge in [-0.2, -0.15) is 0 Å². The molecule has 2 aromatic carbocycles. The molecule has 0 spiro atoms. The molecule has 8 heteroatoms. The van der Waals surface area contributed by atoms with Crippen LogP contribution in [0, 0.1) is 10.1 Å². The second kappa shape index (κ2) is 9.24. The van der Waals surface area contributed by atoms with Crippen LogP contribution in [0.25, 0.3) is 10.8 Å². The molecule has 0 bridgehead atoms. The number of non-ortho nitro benzene ring substituents is 1. The smallest absolute Gasteiger partial charge is 0.298 e. The van der Waals surface area contributed by atoms with Crippen molar-refractivity contribution in [2.24, 2.45) is 0 Å². The quantitative estimate of drug-likeness (QED) is 0.345. The molecule has 0 heterocycles. The summed E-state index contributed by atoms with van der Waals surface area (Å²) >= 11 is 0. The summed E-state index contributed by atoms with van der Waals surface area (Å²) < 4.78 is 19.0. The van der Waals surface area contributed by atoms with E-state index in [-0.39, 0.29) is 5.69 Å². The van der Waals surface area contributed by atoms with Gasteiger partial charge in [-0.15, -0.1) is 0 Å². The van der Waals surface area contributed by atoms with Crippen LogP contribution in [-0.2, 0) is 9.09 Å². The topological polar surface area (TPSA) is 93.5 Å². The van der Waals surface area contributed by atoms with Crippen LogP contribution in [-0.4, -0.2) is 18.0 Å². The molecule has 0 fully saturated rings.